The van der Waals surface area contributed by atoms with E-state index in [4.69, 9.17) is 10.6 Å². The van der Waals surface area contributed by atoms with Crippen LogP contribution in [0, 0.1) is 0 Å². The molecular weight excluding hydrogens is 208 g/mol. The first-order valence-electron chi connectivity index (χ1n) is 4.87. The molecule has 0 unspecified atom stereocenters. The van der Waals surface area contributed by atoms with Gasteiger partial charge in [-0.05, 0) is 36.2 Å². The summed E-state index contributed by atoms with van der Waals surface area (Å²) >= 11 is 0. The zero-order chi connectivity index (χ0) is 12.0. The highest BCUT2D eigenvalue weighted by molar-refractivity contribution is 6.00. The van der Waals surface area contributed by atoms with Crippen LogP contribution in [0.2, 0.25) is 0 Å². The van der Waals surface area contributed by atoms with Crippen LogP contribution in [0.25, 0.3) is 0 Å². The molecule has 5 heteroatoms. The Bertz CT molecular complexity index is 385. The lowest BCUT2D eigenvalue weighted by atomic mass is 10.1. The van der Waals surface area contributed by atoms with Gasteiger partial charge in [0.05, 0.1) is 11.7 Å². The maximum absolute atomic E-state index is 10.2. The second-order valence-corrected chi connectivity index (χ2v) is 3.11. The number of ether oxygens (including phenoxy) is 1. The van der Waals surface area contributed by atoms with Crippen LogP contribution in [0.5, 0.6) is 5.75 Å². The lowest BCUT2D eigenvalue weighted by Crippen LogP contribution is -2.28. The molecule has 0 spiro atoms. The number of carboxylic acid groups (broad SMARTS) is 1. The SMILES string of the molecule is CC/C(=N/N)c1ccc(OCC(=O)[O-])cc1. The molecule has 0 bridgehead atoms. The maximum Gasteiger partial charge on any atom is 0.128 e. The highest BCUT2D eigenvalue weighted by Gasteiger charge is 2.01. The number of hydrogen-bond donors (Lipinski definition) is 1. The van der Waals surface area contributed by atoms with Gasteiger partial charge in [0.15, 0.2) is 0 Å². The van der Waals surface area contributed by atoms with Crippen molar-refractivity contribution in [3.8, 4) is 5.75 Å². The molecule has 0 amide bonds. The third kappa shape index (κ3) is 3.27. The van der Waals surface area contributed by atoms with Gasteiger partial charge in [-0.2, -0.15) is 5.10 Å². The normalized spacial score (nSPS) is 11.2. The van der Waals surface area contributed by atoms with Crippen molar-refractivity contribution in [1.29, 1.82) is 0 Å². The van der Waals surface area contributed by atoms with Crippen molar-refractivity contribution in [1.82, 2.24) is 0 Å². The molecule has 0 aliphatic rings. The Morgan fingerprint density at radius 3 is 2.50 bits per heavy atom. The summed E-state index contributed by atoms with van der Waals surface area (Å²) in [6, 6.07) is 6.89. The van der Waals surface area contributed by atoms with Crippen molar-refractivity contribution >= 4 is 11.7 Å². The summed E-state index contributed by atoms with van der Waals surface area (Å²) < 4.78 is 4.94. The number of carbonyl (C=O) groups is 1. The molecule has 0 saturated heterocycles. The zero-order valence-electron chi connectivity index (χ0n) is 8.97. The number of benzene rings is 1. The molecule has 1 rings (SSSR count). The van der Waals surface area contributed by atoms with Crippen molar-refractivity contribution in [3.63, 3.8) is 0 Å². The minimum atomic E-state index is -1.25. The molecule has 5 nitrogen and oxygen atoms in total. The molecule has 0 atom stereocenters. The zero-order valence-corrected chi connectivity index (χ0v) is 8.97. The molecule has 1 aromatic carbocycles. The number of rotatable bonds is 5. The number of hydrazone groups is 1. The Balaban J connectivity index is 2.71. The largest absolute Gasteiger partial charge is 0.546 e. The molecule has 1 aromatic rings. The van der Waals surface area contributed by atoms with Gasteiger partial charge in [0.25, 0.3) is 0 Å². The van der Waals surface area contributed by atoms with Crippen LogP contribution in [-0.2, 0) is 4.79 Å². The molecule has 2 N–H and O–H groups in total. The molecule has 0 heterocycles. The van der Waals surface area contributed by atoms with E-state index in [1.807, 2.05) is 6.92 Å². The Hall–Kier alpha value is -2.04. The second kappa shape index (κ2) is 5.75. The highest BCUT2D eigenvalue weighted by Crippen LogP contribution is 2.13. The summed E-state index contributed by atoms with van der Waals surface area (Å²) in [7, 11) is 0. The minimum absolute atomic E-state index is 0.453. The number of aliphatic carboxylic acids is 1. The van der Waals surface area contributed by atoms with Crippen molar-refractivity contribution in [2.24, 2.45) is 10.9 Å². The number of nitrogens with two attached hydrogens (primary N) is 1. The number of carbonyl (C=O) groups excluding carboxylic acids is 1. The number of hydrogen-bond acceptors (Lipinski definition) is 5. The van der Waals surface area contributed by atoms with Crippen LogP contribution in [0.4, 0.5) is 0 Å². The third-order valence-corrected chi connectivity index (χ3v) is 2.03. The standard InChI is InChI=1S/C11H14N2O3/c1-2-10(13-12)8-3-5-9(6-4-8)16-7-11(14)15/h3-6H,2,7,12H2,1H3,(H,14,15)/p-1/b13-10-. The second-order valence-electron chi connectivity index (χ2n) is 3.11. The smallest absolute Gasteiger partial charge is 0.128 e. The number of carboxylic acids is 1. The fourth-order valence-electron chi connectivity index (χ4n) is 1.26. The Labute approximate surface area is 93.5 Å². The Morgan fingerprint density at radius 2 is 2.06 bits per heavy atom. The van der Waals surface area contributed by atoms with Crippen LogP contribution >= 0.6 is 0 Å². The molecule has 0 fully saturated rings. The van der Waals surface area contributed by atoms with Gasteiger partial charge in [0.2, 0.25) is 0 Å². The van der Waals surface area contributed by atoms with Gasteiger partial charge >= 0.3 is 0 Å². The van der Waals surface area contributed by atoms with Gasteiger partial charge in [-0.3, -0.25) is 0 Å². The van der Waals surface area contributed by atoms with Gasteiger partial charge in [0.1, 0.15) is 12.4 Å². The number of nitrogens with zero attached hydrogens (tertiary/aromatic N) is 1. The average molecular weight is 221 g/mol. The van der Waals surface area contributed by atoms with Crippen molar-refractivity contribution in [2.45, 2.75) is 13.3 Å². The predicted molar refractivity (Wildman–Crippen MR) is 58.0 cm³/mol. The van der Waals surface area contributed by atoms with E-state index in [0.29, 0.717) is 5.75 Å². The van der Waals surface area contributed by atoms with E-state index in [-0.39, 0.29) is 0 Å². The van der Waals surface area contributed by atoms with Gasteiger partial charge in [-0.15, -0.1) is 0 Å². The van der Waals surface area contributed by atoms with E-state index in [0.717, 1.165) is 17.7 Å². The molecule has 0 radical (unpaired) electrons. The third-order valence-electron chi connectivity index (χ3n) is 2.03. The predicted octanol–water partition coefficient (Wildman–Crippen LogP) is -0.112. The van der Waals surface area contributed by atoms with Crippen LogP contribution in [0.1, 0.15) is 18.9 Å². The first-order chi connectivity index (χ1) is 7.67. The summed E-state index contributed by atoms with van der Waals surface area (Å²) in [5.41, 5.74) is 1.68. The van der Waals surface area contributed by atoms with E-state index in [2.05, 4.69) is 5.10 Å². The van der Waals surface area contributed by atoms with Gasteiger partial charge < -0.3 is 20.5 Å². The topological polar surface area (TPSA) is 87.7 Å². The molecule has 0 aliphatic carbocycles. The summed E-state index contributed by atoms with van der Waals surface area (Å²) in [6.45, 7) is 1.50. The van der Waals surface area contributed by atoms with E-state index in [1.54, 1.807) is 24.3 Å². The van der Waals surface area contributed by atoms with E-state index in [1.165, 1.54) is 0 Å². The maximum atomic E-state index is 10.2. The van der Waals surface area contributed by atoms with E-state index < -0.39 is 12.6 Å². The van der Waals surface area contributed by atoms with E-state index >= 15 is 0 Å². The fraction of sp³-hybridized carbons (Fsp3) is 0.273. The lowest BCUT2D eigenvalue weighted by Gasteiger charge is -2.07. The lowest BCUT2D eigenvalue weighted by molar-refractivity contribution is -0.307. The minimum Gasteiger partial charge on any atom is -0.546 e. The summed E-state index contributed by atoms with van der Waals surface area (Å²) in [6.07, 6.45) is 0.732. The summed E-state index contributed by atoms with van der Waals surface area (Å²) in [5, 5.41) is 13.8. The fourth-order valence-corrected chi connectivity index (χ4v) is 1.26. The van der Waals surface area contributed by atoms with Crippen molar-refractivity contribution in [2.75, 3.05) is 6.61 Å². The average Bonchev–Trinajstić information content (AvgIpc) is 2.29. The van der Waals surface area contributed by atoms with Gasteiger partial charge in [-0.25, -0.2) is 0 Å². The Morgan fingerprint density at radius 1 is 1.44 bits per heavy atom. The monoisotopic (exact) mass is 221 g/mol. The van der Waals surface area contributed by atoms with Crippen LogP contribution in [0.15, 0.2) is 29.4 Å². The summed E-state index contributed by atoms with van der Waals surface area (Å²) in [5.74, 6) is 4.45. The van der Waals surface area contributed by atoms with Crippen LogP contribution in [0.3, 0.4) is 0 Å². The molecule has 16 heavy (non-hydrogen) atoms. The summed E-state index contributed by atoms with van der Waals surface area (Å²) in [4.78, 5) is 10.2. The van der Waals surface area contributed by atoms with Gasteiger partial charge in [0, 0.05) is 0 Å². The highest BCUT2D eigenvalue weighted by atomic mass is 16.5. The van der Waals surface area contributed by atoms with Crippen LogP contribution < -0.4 is 15.7 Å². The van der Waals surface area contributed by atoms with Crippen LogP contribution in [-0.4, -0.2) is 18.3 Å². The van der Waals surface area contributed by atoms with Crippen molar-refractivity contribution < 1.29 is 14.6 Å². The molecule has 0 aliphatic heterocycles. The quantitative estimate of drug-likeness (QED) is 0.427. The first-order valence-corrected chi connectivity index (χ1v) is 4.87. The first kappa shape index (κ1) is 12.0. The molecule has 86 valence electrons. The molecular formula is C11H13N2O3-. The van der Waals surface area contributed by atoms with Crippen molar-refractivity contribution in [3.05, 3.63) is 29.8 Å². The molecule has 0 saturated carbocycles. The Kier molecular flexibility index (Phi) is 4.32. The van der Waals surface area contributed by atoms with E-state index in [9.17, 15) is 9.90 Å². The van der Waals surface area contributed by atoms with Gasteiger partial charge in [-0.1, -0.05) is 6.92 Å². The molecule has 0 aromatic heterocycles.